The van der Waals surface area contributed by atoms with Gasteiger partial charge in [-0.25, -0.2) is 4.39 Å². The summed E-state index contributed by atoms with van der Waals surface area (Å²) in [6.45, 7) is -0.465. The molecule has 2 amide bonds. The van der Waals surface area contributed by atoms with Crippen LogP contribution < -0.4 is 10.6 Å². The Hall–Kier alpha value is -3.22. The number of halogens is 1. The minimum Gasteiger partial charge on any atom is -0.480 e. The van der Waals surface area contributed by atoms with E-state index in [9.17, 15) is 18.8 Å². The van der Waals surface area contributed by atoms with Gasteiger partial charge in [-0.05, 0) is 54.8 Å². The first kappa shape index (κ1) is 19.5. The van der Waals surface area contributed by atoms with E-state index in [1.165, 1.54) is 24.3 Å². The molecule has 0 aliphatic heterocycles. The Morgan fingerprint density at radius 1 is 1.04 bits per heavy atom. The van der Waals surface area contributed by atoms with Crippen LogP contribution in [0.4, 0.5) is 10.1 Å². The predicted molar refractivity (Wildman–Crippen MR) is 102 cm³/mol. The molecule has 0 atom stereocenters. The second-order valence-electron chi connectivity index (χ2n) is 6.91. The van der Waals surface area contributed by atoms with Gasteiger partial charge in [0.05, 0.1) is 5.41 Å². The van der Waals surface area contributed by atoms with Gasteiger partial charge in [-0.15, -0.1) is 0 Å². The summed E-state index contributed by atoms with van der Waals surface area (Å²) in [6, 6.07) is 12.4. The lowest BCUT2D eigenvalue weighted by Crippen LogP contribution is -2.38. The Kier molecular flexibility index (Phi) is 5.73. The van der Waals surface area contributed by atoms with Crippen LogP contribution in [0.25, 0.3) is 0 Å². The van der Waals surface area contributed by atoms with Crippen LogP contribution in [0.15, 0.2) is 48.5 Å². The molecule has 0 saturated heterocycles. The van der Waals surface area contributed by atoms with Gasteiger partial charge in [-0.3, -0.25) is 14.4 Å². The molecule has 0 heterocycles. The van der Waals surface area contributed by atoms with Crippen molar-refractivity contribution in [1.82, 2.24) is 5.32 Å². The van der Waals surface area contributed by atoms with E-state index >= 15 is 0 Å². The zero-order valence-corrected chi connectivity index (χ0v) is 15.2. The number of carbonyl (C=O) groups excluding carboxylic acids is 2. The van der Waals surface area contributed by atoms with Crippen molar-refractivity contribution in [1.29, 1.82) is 0 Å². The van der Waals surface area contributed by atoms with Gasteiger partial charge >= 0.3 is 5.97 Å². The van der Waals surface area contributed by atoms with Crippen LogP contribution in [0.1, 0.15) is 41.6 Å². The van der Waals surface area contributed by atoms with Gasteiger partial charge in [0, 0.05) is 11.3 Å². The molecule has 1 aliphatic carbocycles. The summed E-state index contributed by atoms with van der Waals surface area (Å²) < 4.78 is 13.7. The van der Waals surface area contributed by atoms with Crippen molar-refractivity contribution in [3.8, 4) is 0 Å². The molecular formula is C21H21FN2O4. The number of aliphatic carboxylic acids is 1. The number of nitrogens with one attached hydrogen (secondary N) is 2. The van der Waals surface area contributed by atoms with E-state index < -0.39 is 23.8 Å². The lowest BCUT2D eigenvalue weighted by molar-refractivity contribution is -0.135. The third-order valence-corrected chi connectivity index (χ3v) is 5.07. The fourth-order valence-electron chi connectivity index (χ4n) is 3.63. The summed E-state index contributed by atoms with van der Waals surface area (Å²) in [7, 11) is 0. The fraction of sp³-hybridized carbons (Fsp3) is 0.286. The molecule has 2 aromatic rings. The monoisotopic (exact) mass is 384 g/mol. The highest BCUT2D eigenvalue weighted by Crippen LogP contribution is 2.42. The average Bonchev–Trinajstić information content (AvgIpc) is 3.18. The quantitative estimate of drug-likeness (QED) is 0.713. The summed E-state index contributed by atoms with van der Waals surface area (Å²) in [5, 5.41) is 13.8. The molecule has 2 aromatic carbocycles. The Bertz CT molecular complexity index is 890. The number of carbonyl (C=O) groups is 3. The van der Waals surface area contributed by atoms with Crippen LogP contribution in [-0.2, 0) is 15.0 Å². The van der Waals surface area contributed by atoms with E-state index in [0.717, 1.165) is 12.8 Å². The molecule has 7 heteroatoms. The first-order chi connectivity index (χ1) is 13.4. The number of carboxylic acid groups (broad SMARTS) is 1. The minimum absolute atomic E-state index is 0.196. The molecule has 1 fully saturated rings. The highest BCUT2D eigenvalue weighted by molar-refractivity contribution is 6.00. The number of amides is 2. The van der Waals surface area contributed by atoms with E-state index in [-0.39, 0.29) is 11.7 Å². The first-order valence-electron chi connectivity index (χ1n) is 9.08. The second kappa shape index (κ2) is 8.21. The number of benzene rings is 2. The van der Waals surface area contributed by atoms with Gasteiger partial charge in [0.15, 0.2) is 0 Å². The van der Waals surface area contributed by atoms with Gasteiger partial charge < -0.3 is 15.7 Å². The second-order valence-corrected chi connectivity index (χ2v) is 6.91. The third kappa shape index (κ3) is 4.19. The third-order valence-electron chi connectivity index (χ3n) is 5.07. The number of carboxylic acids is 1. The van der Waals surface area contributed by atoms with Crippen LogP contribution in [-0.4, -0.2) is 29.4 Å². The molecule has 3 N–H and O–H groups in total. The van der Waals surface area contributed by atoms with Gasteiger partial charge in [0.2, 0.25) is 5.91 Å². The molecule has 1 saturated carbocycles. The Labute approximate surface area is 161 Å². The van der Waals surface area contributed by atoms with Crippen molar-refractivity contribution in [2.45, 2.75) is 31.1 Å². The lowest BCUT2D eigenvalue weighted by Gasteiger charge is -2.28. The topological polar surface area (TPSA) is 95.5 Å². The van der Waals surface area contributed by atoms with Gasteiger partial charge in [0.25, 0.3) is 5.91 Å². The maximum atomic E-state index is 13.7. The lowest BCUT2D eigenvalue weighted by atomic mass is 9.78. The summed E-state index contributed by atoms with van der Waals surface area (Å²) in [5.41, 5.74) is 0.717. The van der Waals surface area contributed by atoms with Gasteiger partial charge in [-0.2, -0.15) is 0 Å². The fourth-order valence-corrected chi connectivity index (χ4v) is 3.63. The molecule has 0 spiro atoms. The smallest absolute Gasteiger partial charge is 0.322 e. The van der Waals surface area contributed by atoms with Crippen molar-refractivity contribution >= 4 is 23.5 Å². The van der Waals surface area contributed by atoms with Crippen molar-refractivity contribution in [2.75, 3.05) is 11.9 Å². The number of hydrogen-bond acceptors (Lipinski definition) is 3. The molecule has 6 nitrogen and oxygen atoms in total. The highest BCUT2D eigenvalue weighted by Gasteiger charge is 2.42. The van der Waals surface area contributed by atoms with Gasteiger partial charge in [0.1, 0.15) is 12.4 Å². The van der Waals surface area contributed by atoms with Crippen molar-refractivity contribution < 1.29 is 23.9 Å². The molecule has 0 bridgehead atoms. The maximum absolute atomic E-state index is 13.7. The summed E-state index contributed by atoms with van der Waals surface area (Å²) in [6.07, 6.45) is 3.09. The molecule has 0 radical (unpaired) electrons. The van der Waals surface area contributed by atoms with Gasteiger partial charge in [-0.1, -0.05) is 25.0 Å². The summed E-state index contributed by atoms with van der Waals surface area (Å²) >= 11 is 0. The van der Waals surface area contributed by atoms with E-state index in [4.69, 9.17) is 5.11 Å². The largest absolute Gasteiger partial charge is 0.480 e. The normalized spacial score (nSPS) is 15.0. The zero-order valence-electron chi connectivity index (χ0n) is 15.2. The standard InChI is InChI=1S/C21H21FN2O4/c22-16-5-3-4-15(12-16)21(10-1-2-11-21)20(28)24-17-8-6-14(7-9-17)19(27)23-13-18(25)26/h3-9,12H,1-2,10-11,13H2,(H,23,27)(H,24,28)(H,25,26). The Morgan fingerprint density at radius 2 is 1.71 bits per heavy atom. The molecule has 146 valence electrons. The molecule has 0 unspecified atom stereocenters. The predicted octanol–water partition coefficient (Wildman–Crippen LogP) is 3.09. The van der Waals surface area contributed by atoms with Crippen molar-refractivity contribution in [2.24, 2.45) is 0 Å². The van der Waals surface area contributed by atoms with E-state index in [2.05, 4.69) is 10.6 Å². The Morgan fingerprint density at radius 3 is 2.32 bits per heavy atom. The number of hydrogen-bond donors (Lipinski definition) is 3. The first-order valence-corrected chi connectivity index (χ1v) is 9.08. The van der Waals surface area contributed by atoms with Crippen LogP contribution >= 0.6 is 0 Å². The van der Waals surface area contributed by atoms with E-state index in [0.29, 0.717) is 29.7 Å². The van der Waals surface area contributed by atoms with Crippen LogP contribution in [0, 0.1) is 5.82 Å². The van der Waals surface area contributed by atoms with Crippen LogP contribution in [0.5, 0.6) is 0 Å². The van der Waals surface area contributed by atoms with E-state index in [1.807, 2.05) is 0 Å². The van der Waals surface area contributed by atoms with Crippen molar-refractivity contribution in [3.05, 3.63) is 65.5 Å². The number of anilines is 1. The minimum atomic E-state index is -1.13. The Balaban J connectivity index is 1.74. The summed E-state index contributed by atoms with van der Waals surface area (Å²) in [5.74, 6) is -2.20. The van der Waals surface area contributed by atoms with Crippen molar-refractivity contribution in [3.63, 3.8) is 0 Å². The van der Waals surface area contributed by atoms with Crippen LogP contribution in [0.3, 0.4) is 0 Å². The molecular weight excluding hydrogens is 363 g/mol. The van der Waals surface area contributed by atoms with E-state index in [1.54, 1.807) is 24.3 Å². The molecule has 1 aliphatic rings. The average molecular weight is 384 g/mol. The van der Waals surface area contributed by atoms with Crippen LogP contribution in [0.2, 0.25) is 0 Å². The summed E-state index contributed by atoms with van der Waals surface area (Å²) in [4.78, 5) is 35.4. The zero-order chi connectivity index (χ0) is 20.1. The maximum Gasteiger partial charge on any atom is 0.322 e. The molecule has 3 rings (SSSR count). The number of rotatable bonds is 6. The molecule has 28 heavy (non-hydrogen) atoms. The highest BCUT2D eigenvalue weighted by atomic mass is 19.1. The molecule has 0 aromatic heterocycles. The SMILES string of the molecule is O=C(O)CNC(=O)c1ccc(NC(=O)C2(c3cccc(F)c3)CCCC2)cc1.